The van der Waals surface area contributed by atoms with Gasteiger partial charge in [-0.15, -0.1) is 0 Å². The van der Waals surface area contributed by atoms with Gasteiger partial charge in [0.25, 0.3) is 0 Å². The van der Waals surface area contributed by atoms with Gasteiger partial charge in [-0.25, -0.2) is 0 Å². The Labute approximate surface area is 86.4 Å². The summed E-state index contributed by atoms with van der Waals surface area (Å²) in [4.78, 5) is 4.25. The Bertz CT molecular complexity index is 168. The van der Waals surface area contributed by atoms with E-state index in [1.165, 1.54) is 32.2 Å². The molecule has 0 aromatic rings. The van der Waals surface area contributed by atoms with Gasteiger partial charge in [-0.05, 0) is 0 Å². The van der Waals surface area contributed by atoms with E-state index in [1.807, 2.05) is 24.5 Å². The first kappa shape index (κ1) is 12.0. The van der Waals surface area contributed by atoms with Gasteiger partial charge in [0.1, 0.15) is 0 Å². The van der Waals surface area contributed by atoms with Crippen molar-refractivity contribution in [3.63, 3.8) is 0 Å². The van der Waals surface area contributed by atoms with Crippen molar-refractivity contribution in [2.45, 2.75) is 39.5 Å². The molecule has 0 saturated heterocycles. The standard InChI is InChI=1S/C8H10N.C2H6.W/c1-2-9-8-6-4-3-5-7-8;1-2;/h1-2H,3-6H2;1-2H3;/q-1;;. The van der Waals surface area contributed by atoms with E-state index in [-0.39, 0.29) is 0 Å². The summed E-state index contributed by atoms with van der Waals surface area (Å²) in [6.07, 6.45) is 9.94. The Morgan fingerprint density at radius 1 is 1.42 bits per heavy atom. The summed E-state index contributed by atoms with van der Waals surface area (Å²) in [5.74, 6) is 0. The molecule has 1 rings (SSSR count). The van der Waals surface area contributed by atoms with Crippen LogP contribution in [0.15, 0.2) is 10.7 Å². The average molecular weight is 334 g/mol. The fourth-order valence-electron chi connectivity index (χ4n) is 0.969. The minimum absolute atomic E-state index is 1.10. The molecule has 0 atom stereocenters. The molecule has 0 spiro atoms. The van der Waals surface area contributed by atoms with Crippen LogP contribution >= 0.6 is 0 Å². The summed E-state index contributed by atoms with van der Waals surface area (Å²) >= 11 is 1.45. The molecule has 1 aliphatic rings. The first-order valence-electron chi connectivity index (χ1n) is 4.51. The number of nitrogens with zero attached hydrogens (tertiary/aromatic N) is 1. The van der Waals surface area contributed by atoms with Crippen molar-refractivity contribution < 1.29 is 19.4 Å². The zero-order valence-corrected chi connectivity index (χ0v) is 10.8. The van der Waals surface area contributed by atoms with Gasteiger partial charge in [-0.3, -0.25) is 0 Å². The first-order valence-corrected chi connectivity index (χ1v) is 6.20. The molecule has 0 N–H and O–H groups in total. The monoisotopic (exact) mass is 334 g/mol. The summed E-state index contributed by atoms with van der Waals surface area (Å²) in [5.41, 5.74) is 1.16. The van der Waals surface area contributed by atoms with Gasteiger partial charge < -0.3 is 0 Å². The van der Waals surface area contributed by atoms with Crippen LogP contribution in [0.4, 0.5) is 0 Å². The maximum absolute atomic E-state index is 4.25. The van der Waals surface area contributed by atoms with Crippen LogP contribution in [-0.4, -0.2) is 10.6 Å². The number of hydrogen-bond donors (Lipinski definition) is 0. The van der Waals surface area contributed by atoms with E-state index >= 15 is 0 Å². The third kappa shape index (κ3) is 5.60. The Hall–Kier alpha value is -0.0317. The van der Waals surface area contributed by atoms with Crippen molar-refractivity contribution in [1.82, 2.24) is 0 Å². The second-order valence-corrected chi connectivity index (χ2v) is 3.22. The molecule has 0 fully saturated rings. The quantitative estimate of drug-likeness (QED) is 0.544. The Morgan fingerprint density at radius 2 is 2.17 bits per heavy atom. The number of hydrogen-bond acceptors (Lipinski definition) is 1. The van der Waals surface area contributed by atoms with Gasteiger partial charge in [-0.1, -0.05) is 13.8 Å². The van der Waals surface area contributed by atoms with E-state index in [4.69, 9.17) is 0 Å². The van der Waals surface area contributed by atoms with Crippen LogP contribution in [0.25, 0.3) is 0 Å². The van der Waals surface area contributed by atoms with Crippen LogP contribution in [0.3, 0.4) is 0 Å². The van der Waals surface area contributed by atoms with Crippen LogP contribution in [0.5, 0.6) is 0 Å². The second-order valence-electron chi connectivity index (χ2n) is 2.24. The topological polar surface area (TPSA) is 12.4 Å². The molecule has 0 saturated carbocycles. The Morgan fingerprint density at radius 3 is 2.67 bits per heavy atom. The molecule has 1 nitrogen and oxygen atoms in total. The van der Waals surface area contributed by atoms with Gasteiger partial charge in [0.05, 0.1) is 0 Å². The molecule has 0 amide bonds. The molecule has 0 heterocycles. The van der Waals surface area contributed by atoms with Crippen LogP contribution in [0.1, 0.15) is 39.5 Å². The summed E-state index contributed by atoms with van der Waals surface area (Å²) in [6, 6.07) is 0. The molecular weight excluding hydrogens is 318 g/mol. The zero-order valence-electron chi connectivity index (χ0n) is 7.84. The van der Waals surface area contributed by atoms with Crippen molar-refractivity contribution in [2.24, 2.45) is 4.99 Å². The second kappa shape index (κ2) is 9.06. The zero-order chi connectivity index (χ0) is 9.23. The van der Waals surface area contributed by atoms with E-state index in [2.05, 4.69) is 11.1 Å². The first-order chi connectivity index (χ1) is 5.93. The molecule has 0 aromatic carbocycles. The molecule has 12 heavy (non-hydrogen) atoms. The van der Waals surface area contributed by atoms with Gasteiger partial charge in [0.15, 0.2) is 0 Å². The molecule has 1 aliphatic carbocycles. The van der Waals surface area contributed by atoms with E-state index in [1.54, 1.807) is 0 Å². The van der Waals surface area contributed by atoms with Crippen molar-refractivity contribution in [1.29, 1.82) is 0 Å². The van der Waals surface area contributed by atoms with Crippen molar-refractivity contribution in [2.75, 3.05) is 0 Å². The van der Waals surface area contributed by atoms with Crippen LogP contribution in [0, 0.1) is 6.08 Å². The molecule has 0 radical (unpaired) electrons. The molecule has 0 bridgehead atoms. The number of rotatable bonds is 2. The number of aliphatic imine (C=N–C) groups is 1. The number of allylic oxidation sites excluding steroid dienone is 2. The maximum atomic E-state index is 4.25. The van der Waals surface area contributed by atoms with Gasteiger partial charge in [0.2, 0.25) is 0 Å². The summed E-state index contributed by atoms with van der Waals surface area (Å²) in [6.45, 7) is 4.00. The minimum atomic E-state index is 1.10. The molecular formula is C10H16NW-. The molecule has 0 unspecified atom stereocenters. The van der Waals surface area contributed by atoms with Gasteiger partial charge in [-0.2, -0.15) is 0 Å². The Kier molecular flexibility index (Phi) is 9.04. The van der Waals surface area contributed by atoms with Crippen molar-refractivity contribution >= 4 is 10.6 Å². The average Bonchev–Trinajstić information content (AvgIpc) is 2.19. The van der Waals surface area contributed by atoms with E-state index in [0.29, 0.717) is 0 Å². The summed E-state index contributed by atoms with van der Waals surface area (Å²) in [5, 5.41) is 0. The SMILES string of the molecule is CC.[W]=[CH]C=NC1=[C-]CCCC1. The third-order valence-electron chi connectivity index (χ3n) is 1.46. The van der Waals surface area contributed by atoms with Crippen LogP contribution < -0.4 is 0 Å². The fraction of sp³-hybridized carbons (Fsp3) is 0.600. The van der Waals surface area contributed by atoms with Crippen LogP contribution in [0.2, 0.25) is 0 Å². The molecule has 68 valence electrons. The van der Waals surface area contributed by atoms with Gasteiger partial charge in [0, 0.05) is 0 Å². The predicted molar refractivity (Wildman–Crippen MR) is 51.1 cm³/mol. The summed E-state index contributed by atoms with van der Waals surface area (Å²) in [7, 11) is 0. The van der Waals surface area contributed by atoms with E-state index in [9.17, 15) is 0 Å². The summed E-state index contributed by atoms with van der Waals surface area (Å²) < 4.78 is 2.03. The van der Waals surface area contributed by atoms with Crippen molar-refractivity contribution in [3.8, 4) is 0 Å². The molecule has 0 aromatic heterocycles. The Balaban J connectivity index is 0.000000561. The van der Waals surface area contributed by atoms with Crippen LogP contribution in [-0.2, 0) is 19.4 Å². The van der Waals surface area contributed by atoms with E-state index in [0.717, 1.165) is 18.5 Å². The fourth-order valence-corrected chi connectivity index (χ4v) is 1.19. The van der Waals surface area contributed by atoms with Gasteiger partial charge >= 0.3 is 72.4 Å². The predicted octanol–water partition coefficient (Wildman–Crippen LogP) is 2.69. The molecule has 2 heteroatoms. The van der Waals surface area contributed by atoms with Crippen molar-refractivity contribution in [3.05, 3.63) is 11.8 Å². The normalized spacial score (nSPS) is 16.3. The van der Waals surface area contributed by atoms with E-state index < -0.39 is 0 Å². The third-order valence-corrected chi connectivity index (χ3v) is 1.90. The molecule has 0 aliphatic heterocycles.